The minimum Gasteiger partial charge on any atom is -0.461 e. The molecule has 2 saturated carbocycles. The minimum absolute atomic E-state index is 0.0225. The van der Waals surface area contributed by atoms with Gasteiger partial charge in [-0.1, -0.05) is 11.6 Å². The largest absolute Gasteiger partial charge is 0.461 e. The van der Waals surface area contributed by atoms with Crippen LogP contribution >= 0.6 is 0 Å². The summed E-state index contributed by atoms with van der Waals surface area (Å²) >= 11 is 0. The van der Waals surface area contributed by atoms with Gasteiger partial charge < -0.3 is 4.74 Å². The molecule has 1 saturated heterocycles. The molecule has 0 radical (unpaired) electrons. The Morgan fingerprint density at radius 2 is 2.36 bits per heavy atom. The molecule has 0 aromatic rings. The lowest BCUT2D eigenvalue weighted by Gasteiger charge is -2.35. The van der Waals surface area contributed by atoms with Crippen LogP contribution in [0.3, 0.4) is 0 Å². The summed E-state index contributed by atoms with van der Waals surface area (Å²) in [5, 5.41) is 0. The molecular weight excluding hydrogens is 176 g/mol. The van der Waals surface area contributed by atoms with Crippen LogP contribution in [0.4, 0.5) is 0 Å². The summed E-state index contributed by atoms with van der Waals surface area (Å²) in [5.74, 6) is 2.08. The van der Waals surface area contributed by atoms with Crippen molar-refractivity contribution in [3.8, 4) is 0 Å². The van der Waals surface area contributed by atoms with E-state index in [1.165, 1.54) is 18.4 Å². The van der Waals surface area contributed by atoms with E-state index in [1.54, 1.807) is 0 Å². The third-order valence-corrected chi connectivity index (χ3v) is 4.28. The summed E-state index contributed by atoms with van der Waals surface area (Å²) in [5.41, 5.74) is 1.53. The van der Waals surface area contributed by atoms with Crippen LogP contribution in [0.25, 0.3) is 0 Å². The number of carbonyl (C=O) groups excluding carboxylic acids is 1. The Bertz CT molecular complexity index is 305. The van der Waals surface area contributed by atoms with Crippen LogP contribution in [0, 0.1) is 17.8 Å². The molecule has 0 aromatic heterocycles. The van der Waals surface area contributed by atoms with E-state index >= 15 is 0 Å². The van der Waals surface area contributed by atoms with Crippen LogP contribution in [-0.4, -0.2) is 12.1 Å². The first-order valence-corrected chi connectivity index (χ1v) is 5.64. The van der Waals surface area contributed by atoms with Gasteiger partial charge >= 0.3 is 5.97 Å². The third-order valence-electron chi connectivity index (χ3n) is 4.28. The topological polar surface area (TPSA) is 26.3 Å². The fourth-order valence-electron chi connectivity index (χ4n) is 3.65. The number of esters is 1. The van der Waals surface area contributed by atoms with E-state index in [9.17, 15) is 4.79 Å². The predicted octanol–water partition coefficient (Wildman–Crippen LogP) is 2.29. The van der Waals surface area contributed by atoms with Crippen molar-refractivity contribution < 1.29 is 9.53 Å². The van der Waals surface area contributed by atoms with E-state index in [0.29, 0.717) is 18.3 Å². The van der Waals surface area contributed by atoms with Crippen molar-refractivity contribution in [1.29, 1.82) is 0 Å². The van der Waals surface area contributed by atoms with Crippen molar-refractivity contribution in [2.75, 3.05) is 0 Å². The molecule has 2 bridgehead atoms. The normalized spacial score (nSPS) is 48.1. The van der Waals surface area contributed by atoms with Gasteiger partial charge in [-0.05, 0) is 32.1 Å². The van der Waals surface area contributed by atoms with Gasteiger partial charge in [-0.25, -0.2) is 0 Å². The highest BCUT2D eigenvalue weighted by Crippen LogP contribution is 2.55. The minimum atomic E-state index is 0.0225. The molecule has 2 aliphatic carbocycles. The molecule has 1 aliphatic heterocycles. The van der Waals surface area contributed by atoms with Crippen LogP contribution in [0.5, 0.6) is 0 Å². The Kier molecular flexibility index (Phi) is 1.73. The number of hydrogen-bond donors (Lipinski definition) is 0. The maximum atomic E-state index is 11.2. The second-order valence-electron chi connectivity index (χ2n) is 4.83. The standard InChI is InChI=1S/C12H16O2/c1-2-7-5-8-6-10(7)12-9(8)3-4-11(13)14-12/h2,8-10,12H,3-6H2,1H3/b7-2-/t8-,9+,10-,12-/m1/s1. The van der Waals surface area contributed by atoms with E-state index in [0.717, 1.165) is 12.3 Å². The monoisotopic (exact) mass is 192 g/mol. The molecule has 3 fully saturated rings. The van der Waals surface area contributed by atoms with Crippen molar-refractivity contribution >= 4 is 5.97 Å². The van der Waals surface area contributed by atoms with Crippen LogP contribution in [0.2, 0.25) is 0 Å². The number of fused-ring (bicyclic) bond motifs is 5. The number of rotatable bonds is 0. The highest BCUT2D eigenvalue weighted by atomic mass is 16.5. The predicted molar refractivity (Wildman–Crippen MR) is 52.6 cm³/mol. The summed E-state index contributed by atoms with van der Waals surface area (Å²) in [6, 6.07) is 0. The van der Waals surface area contributed by atoms with Crippen LogP contribution < -0.4 is 0 Å². The van der Waals surface area contributed by atoms with Gasteiger partial charge in [-0.15, -0.1) is 0 Å². The smallest absolute Gasteiger partial charge is 0.306 e. The summed E-state index contributed by atoms with van der Waals surface area (Å²) in [6.45, 7) is 2.11. The number of allylic oxidation sites excluding steroid dienone is 1. The molecule has 14 heavy (non-hydrogen) atoms. The second-order valence-corrected chi connectivity index (χ2v) is 4.83. The first kappa shape index (κ1) is 8.51. The third kappa shape index (κ3) is 0.999. The zero-order chi connectivity index (χ0) is 9.71. The summed E-state index contributed by atoms with van der Waals surface area (Å²) in [4.78, 5) is 11.2. The van der Waals surface area contributed by atoms with Crippen LogP contribution in [-0.2, 0) is 9.53 Å². The number of carbonyl (C=O) groups is 1. The van der Waals surface area contributed by atoms with Gasteiger partial charge in [-0.2, -0.15) is 0 Å². The molecule has 2 nitrogen and oxygen atoms in total. The molecule has 1 heterocycles. The molecule has 4 atom stereocenters. The van der Waals surface area contributed by atoms with E-state index in [-0.39, 0.29) is 12.1 Å². The molecular formula is C12H16O2. The van der Waals surface area contributed by atoms with E-state index in [1.807, 2.05) is 0 Å². The highest BCUT2D eigenvalue weighted by Gasteiger charge is 2.53. The highest BCUT2D eigenvalue weighted by molar-refractivity contribution is 5.70. The molecule has 76 valence electrons. The molecule has 0 unspecified atom stereocenters. The van der Waals surface area contributed by atoms with E-state index < -0.39 is 0 Å². The van der Waals surface area contributed by atoms with Crippen molar-refractivity contribution in [2.24, 2.45) is 17.8 Å². The lowest BCUT2D eigenvalue weighted by atomic mass is 9.79. The fraction of sp³-hybridized carbons (Fsp3) is 0.750. The first-order valence-electron chi connectivity index (χ1n) is 5.64. The van der Waals surface area contributed by atoms with Crippen LogP contribution in [0.15, 0.2) is 11.6 Å². The quantitative estimate of drug-likeness (QED) is 0.435. The Labute approximate surface area is 84.3 Å². The van der Waals surface area contributed by atoms with Crippen molar-refractivity contribution in [1.82, 2.24) is 0 Å². The Morgan fingerprint density at radius 1 is 1.50 bits per heavy atom. The molecule has 0 aromatic carbocycles. The average Bonchev–Trinajstić information content (AvgIpc) is 2.74. The SMILES string of the molecule is C/C=C1/C[C@@H]2C[C@H]1[C@@H]1OC(=O)CC[C@@H]21. The maximum Gasteiger partial charge on any atom is 0.306 e. The molecule has 0 amide bonds. The van der Waals surface area contributed by atoms with E-state index in [2.05, 4.69) is 13.0 Å². The van der Waals surface area contributed by atoms with Gasteiger partial charge in [0, 0.05) is 18.3 Å². The lowest BCUT2D eigenvalue weighted by molar-refractivity contribution is -0.160. The van der Waals surface area contributed by atoms with Crippen molar-refractivity contribution in [2.45, 2.75) is 38.7 Å². The number of ether oxygens (including phenoxy) is 1. The lowest BCUT2D eigenvalue weighted by Crippen LogP contribution is -2.37. The van der Waals surface area contributed by atoms with Gasteiger partial charge in [0.05, 0.1) is 0 Å². The van der Waals surface area contributed by atoms with Crippen molar-refractivity contribution in [3.63, 3.8) is 0 Å². The molecule has 0 spiro atoms. The fourth-order valence-corrected chi connectivity index (χ4v) is 3.65. The molecule has 3 rings (SSSR count). The average molecular weight is 192 g/mol. The van der Waals surface area contributed by atoms with E-state index in [4.69, 9.17) is 4.74 Å². The molecule has 2 heteroatoms. The molecule has 0 N–H and O–H groups in total. The first-order chi connectivity index (χ1) is 6.79. The Balaban J connectivity index is 1.88. The summed E-state index contributed by atoms with van der Waals surface area (Å²) in [6.07, 6.45) is 6.71. The van der Waals surface area contributed by atoms with Crippen LogP contribution in [0.1, 0.15) is 32.6 Å². The van der Waals surface area contributed by atoms with Gasteiger partial charge in [0.1, 0.15) is 6.10 Å². The Hall–Kier alpha value is -0.790. The maximum absolute atomic E-state index is 11.2. The molecule has 3 aliphatic rings. The summed E-state index contributed by atoms with van der Waals surface area (Å²) < 4.78 is 5.50. The van der Waals surface area contributed by atoms with Gasteiger partial charge in [-0.3, -0.25) is 4.79 Å². The zero-order valence-electron chi connectivity index (χ0n) is 8.53. The van der Waals surface area contributed by atoms with Gasteiger partial charge in [0.15, 0.2) is 0 Å². The van der Waals surface area contributed by atoms with Gasteiger partial charge in [0.2, 0.25) is 0 Å². The zero-order valence-corrected chi connectivity index (χ0v) is 8.53. The number of hydrogen-bond acceptors (Lipinski definition) is 2. The second kappa shape index (κ2) is 2.85. The Morgan fingerprint density at radius 3 is 3.14 bits per heavy atom. The summed E-state index contributed by atoms with van der Waals surface area (Å²) in [7, 11) is 0. The van der Waals surface area contributed by atoms with Gasteiger partial charge in [0.25, 0.3) is 0 Å². The van der Waals surface area contributed by atoms with Crippen molar-refractivity contribution in [3.05, 3.63) is 11.6 Å².